The average molecular weight is 530 g/mol. The van der Waals surface area contributed by atoms with Crippen molar-refractivity contribution in [1.29, 1.82) is 0 Å². The maximum atomic E-state index is 14.3. The first-order chi connectivity index (χ1) is 18.5. The van der Waals surface area contributed by atoms with Gasteiger partial charge < -0.3 is 14.6 Å². The zero-order valence-electron chi connectivity index (χ0n) is 20.2. The molecule has 2 aromatic carbocycles. The molecule has 0 saturated heterocycles. The van der Waals surface area contributed by atoms with E-state index in [1.54, 1.807) is 35.2 Å². The molecule has 3 aromatic heterocycles. The van der Waals surface area contributed by atoms with E-state index in [9.17, 15) is 9.18 Å². The quantitative estimate of drug-likeness (QED) is 0.297. The summed E-state index contributed by atoms with van der Waals surface area (Å²) in [7, 11) is 0. The minimum atomic E-state index is -0.470. The zero-order chi connectivity index (χ0) is 26.2. The van der Waals surface area contributed by atoms with Gasteiger partial charge >= 0.3 is 5.56 Å². The number of pyridine rings is 1. The fourth-order valence-corrected chi connectivity index (χ4v) is 4.23. The molecule has 0 unspecified atom stereocenters. The number of rotatable bonds is 8. The van der Waals surface area contributed by atoms with Crippen LogP contribution in [-0.2, 0) is 13.1 Å². The van der Waals surface area contributed by atoms with Gasteiger partial charge in [-0.15, -0.1) is 0 Å². The van der Waals surface area contributed by atoms with Gasteiger partial charge in [0.2, 0.25) is 5.95 Å². The molecule has 5 aromatic rings. The molecule has 11 heteroatoms. The predicted molar refractivity (Wildman–Crippen MR) is 143 cm³/mol. The Balaban J connectivity index is 1.28. The number of hydrogen-bond donors (Lipinski definition) is 1. The number of nitrogens with zero attached hydrogens (tertiary/aromatic N) is 6. The highest BCUT2D eigenvalue weighted by Gasteiger charge is 2.20. The molecule has 190 valence electrons. The largest absolute Gasteiger partial charge is 0.456 e. The van der Waals surface area contributed by atoms with Crippen molar-refractivity contribution in [3.8, 4) is 11.5 Å². The Bertz CT molecular complexity index is 1750. The number of hydrogen-bond acceptors (Lipinski definition) is 7. The fraction of sp³-hybridized carbons (Fsp3) is 0.148. The zero-order valence-corrected chi connectivity index (χ0v) is 21.0. The average Bonchev–Trinajstić information content (AvgIpc) is 3.66. The summed E-state index contributed by atoms with van der Waals surface area (Å²) >= 11 is 6.06. The van der Waals surface area contributed by atoms with Gasteiger partial charge in [0.15, 0.2) is 17.0 Å². The molecule has 9 nitrogen and oxygen atoms in total. The van der Waals surface area contributed by atoms with Crippen molar-refractivity contribution in [3.05, 3.63) is 99.6 Å². The highest BCUT2D eigenvalue weighted by molar-refractivity contribution is 6.30. The summed E-state index contributed by atoms with van der Waals surface area (Å²) in [5.74, 6) is 0.653. The van der Waals surface area contributed by atoms with Crippen LogP contribution in [0.2, 0.25) is 5.02 Å². The van der Waals surface area contributed by atoms with Gasteiger partial charge in [0.1, 0.15) is 17.2 Å². The van der Waals surface area contributed by atoms with Crippen LogP contribution in [0, 0.1) is 5.82 Å². The molecule has 0 bridgehead atoms. The van der Waals surface area contributed by atoms with Crippen molar-refractivity contribution < 1.29 is 9.13 Å². The van der Waals surface area contributed by atoms with E-state index in [2.05, 4.69) is 25.3 Å². The van der Waals surface area contributed by atoms with Crippen LogP contribution >= 0.6 is 11.6 Å². The van der Waals surface area contributed by atoms with Crippen molar-refractivity contribution in [1.82, 2.24) is 24.1 Å². The van der Waals surface area contributed by atoms with Gasteiger partial charge in [-0.1, -0.05) is 23.7 Å². The predicted octanol–water partition coefficient (Wildman–Crippen LogP) is 5.19. The molecule has 6 rings (SSSR count). The first-order valence-corrected chi connectivity index (χ1v) is 12.3. The third-order valence-corrected chi connectivity index (χ3v) is 6.34. The molecular formula is C27H21ClFN7O2. The van der Waals surface area contributed by atoms with Crippen LogP contribution in [0.3, 0.4) is 0 Å². The van der Waals surface area contributed by atoms with Gasteiger partial charge in [-0.25, -0.2) is 14.4 Å². The molecule has 0 saturated carbocycles. The van der Waals surface area contributed by atoms with Gasteiger partial charge in [-0.05, 0) is 48.9 Å². The number of nitrogens with one attached hydrogen (secondary N) is 1. The number of aliphatic imine (C=N–C) groups is 1. The van der Waals surface area contributed by atoms with Crippen molar-refractivity contribution in [3.63, 3.8) is 0 Å². The number of aryl methyl sites for hydroxylation is 1. The number of fused-ring (bicyclic) bond motifs is 1. The lowest BCUT2D eigenvalue weighted by molar-refractivity contribution is 0.473. The van der Waals surface area contributed by atoms with Crippen LogP contribution in [0.4, 0.5) is 16.0 Å². The molecule has 38 heavy (non-hydrogen) atoms. The van der Waals surface area contributed by atoms with Crippen molar-refractivity contribution >= 4 is 40.1 Å². The SMILES string of the molecule is CCn1cnc2c1c(=O)nc(Nc1ccc(Oc3cnc(C4=NC4)c(F)c3)cc1)n2Cc1ccc(Cl)cc1. The number of benzene rings is 2. The van der Waals surface area contributed by atoms with Crippen LogP contribution in [0.5, 0.6) is 11.5 Å². The number of anilines is 2. The summed E-state index contributed by atoms with van der Waals surface area (Å²) in [6.45, 7) is 3.49. The van der Waals surface area contributed by atoms with E-state index < -0.39 is 5.82 Å². The minimum Gasteiger partial charge on any atom is -0.456 e. The first-order valence-electron chi connectivity index (χ1n) is 11.9. The Kier molecular flexibility index (Phi) is 6.09. The fourth-order valence-electron chi connectivity index (χ4n) is 4.10. The Morgan fingerprint density at radius 2 is 1.84 bits per heavy atom. The second kappa shape index (κ2) is 9.71. The normalized spacial score (nSPS) is 12.4. The van der Waals surface area contributed by atoms with Gasteiger partial charge in [0, 0.05) is 23.3 Å². The first kappa shape index (κ1) is 23.8. The maximum absolute atomic E-state index is 14.3. The molecule has 0 spiro atoms. The van der Waals surface area contributed by atoms with E-state index in [0.29, 0.717) is 58.9 Å². The summed E-state index contributed by atoms with van der Waals surface area (Å²) in [6.07, 6.45) is 3.11. The summed E-state index contributed by atoms with van der Waals surface area (Å²) < 4.78 is 23.6. The van der Waals surface area contributed by atoms with E-state index in [1.807, 2.05) is 35.8 Å². The minimum absolute atomic E-state index is 0.259. The summed E-state index contributed by atoms with van der Waals surface area (Å²) in [5.41, 5.74) is 3.16. The monoisotopic (exact) mass is 529 g/mol. The van der Waals surface area contributed by atoms with Crippen LogP contribution < -0.4 is 15.6 Å². The lowest BCUT2D eigenvalue weighted by Crippen LogP contribution is -2.20. The molecule has 0 aliphatic carbocycles. The Hall–Kier alpha value is -4.57. The van der Waals surface area contributed by atoms with E-state index in [-0.39, 0.29) is 17.0 Å². The van der Waals surface area contributed by atoms with Crippen LogP contribution in [0.15, 0.2) is 76.9 Å². The summed E-state index contributed by atoms with van der Waals surface area (Å²) in [5, 5.41) is 3.87. The molecule has 1 N–H and O–H groups in total. The summed E-state index contributed by atoms with van der Waals surface area (Å²) in [6, 6.07) is 15.8. The van der Waals surface area contributed by atoms with Crippen LogP contribution in [0.1, 0.15) is 18.2 Å². The Morgan fingerprint density at radius 1 is 1.08 bits per heavy atom. The van der Waals surface area contributed by atoms with Crippen LogP contribution in [0.25, 0.3) is 11.2 Å². The second-order valence-corrected chi connectivity index (χ2v) is 9.11. The standard InChI is InChI=1S/C27H21ClFN7O2/c1-2-35-15-32-25-24(35)26(37)34-27(36(25)14-16-3-5-17(28)6-4-16)33-18-7-9-19(10-8-18)38-20-11-21(29)23(31-12-20)22-13-30-22/h3-12,15H,2,13-14H2,1H3,(H,33,34,37). The summed E-state index contributed by atoms with van der Waals surface area (Å²) in [4.78, 5) is 29.9. The number of imidazole rings is 1. The lowest BCUT2D eigenvalue weighted by atomic mass is 10.2. The van der Waals surface area contributed by atoms with Gasteiger partial charge in [0.05, 0.1) is 31.3 Å². The van der Waals surface area contributed by atoms with Gasteiger partial charge in [-0.2, -0.15) is 4.98 Å². The number of aromatic nitrogens is 5. The molecule has 0 radical (unpaired) electrons. The third kappa shape index (κ3) is 4.73. The lowest BCUT2D eigenvalue weighted by Gasteiger charge is -2.16. The van der Waals surface area contributed by atoms with E-state index in [0.717, 1.165) is 5.56 Å². The molecule has 1 aliphatic heterocycles. The van der Waals surface area contributed by atoms with Crippen LogP contribution in [-0.4, -0.2) is 36.3 Å². The molecule has 0 atom stereocenters. The Morgan fingerprint density at radius 3 is 2.53 bits per heavy atom. The number of halogens is 2. The Labute approximate surface area is 221 Å². The molecule has 4 heterocycles. The molecule has 0 amide bonds. The molecule has 1 aliphatic rings. The molecule has 0 fully saturated rings. The topological polar surface area (TPSA) is 99.2 Å². The highest BCUT2D eigenvalue weighted by atomic mass is 35.5. The van der Waals surface area contributed by atoms with Gasteiger partial charge in [-0.3, -0.25) is 14.4 Å². The van der Waals surface area contributed by atoms with E-state index >= 15 is 0 Å². The van der Waals surface area contributed by atoms with Crippen molar-refractivity contribution in [2.75, 3.05) is 11.9 Å². The van der Waals surface area contributed by atoms with E-state index in [1.165, 1.54) is 12.3 Å². The van der Waals surface area contributed by atoms with Crippen molar-refractivity contribution in [2.24, 2.45) is 4.99 Å². The maximum Gasteiger partial charge on any atom is 0.300 e. The molecular weight excluding hydrogens is 509 g/mol. The van der Waals surface area contributed by atoms with Crippen molar-refractivity contribution in [2.45, 2.75) is 20.0 Å². The highest BCUT2D eigenvalue weighted by Crippen LogP contribution is 2.26. The smallest absolute Gasteiger partial charge is 0.300 e. The van der Waals surface area contributed by atoms with Gasteiger partial charge in [0.25, 0.3) is 0 Å². The van der Waals surface area contributed by atoms with E-state index in [4.69, 9.17) is 16.3 Å². The third-order valence-electron chi connectivity index (χ3n) is 6.09. The number of ether oxygens (including phenoxy) is 1. The second-order valence-electron chi connectivity index (χ2n) is 8.67.